The van der Waals surface area contributed by atoms with Crippen LogP contribution in [-0.2, 0) is 6.54 Å². The minimum Gasteiger partial charge on any atom is -0.368 e. The van der Waals surface area contributed by atoms with Gasteiger partial charge in [-0.05, 0) is 30.9 Å². The van der Waals surface area contributed by atoms with Crippen molar-refractivity contribution < 1.29 is 4.52 Å². The molecule has 0 bridgehead atoms. The van der Waals surface area contributed by atoms with Gasteiger partial charge in [0.25, 0.3) is 0 Å². The summed E-state index contributed by atoms with van der Waals surface area (Å²) in [7, 11) is 1.78. The third-order valence-corrected chi connectivity index (χ3v) is 5.10. The summed E-state index contributed by atoms with van der Waals surface area (Å²) >= 11 is 6.37. The number of halogens is 2. The molecular formula is C20H29ClIN5O. The van der Waals surface area contributed by atoms with Crippen molar-refractivity contribution in [3.8, 4) is 0 Å². The molecule has 2 heterocycles. The second-order valence-corrected chi connectivity index (χ2v) is 7.59. The summed E-state index contributed by atoms with van der Waals surface area (Å²) in [5.74, 6) is 1.93. The monoisotopic (exact) mass is 517 g/mol. The number of rotatable bonds is 5. The number of aromatic nitrogens is 1. The van der Waals surface area contributed by atoms with Crippen molar-refractivity contribution in [1.29, 1.82) is 0 Å². The topological polar surface area (TPSA) is 65.7 Å². The van der Waals surface area contributed by atoms with Crippen LogP contribution >= 0.6 is 35.6 Å². The molecule has 8 heteroatoms. The van der Waals surface area contributed by atoms with Crippen molar-refractivity contribution in [2.24, 2.45) is 4.99 Å². The third-order valence-electron chi connectivity index (χ3n) is 4.78. The molecule has 1 aromatic carbocycles. The van der Waals surface area contributed by atoms with Gasteiger partial charge < -0.3 is 20.1 Å². The zero-order valence-electron chi connectivity index (χ0n) is 16.6. The molecule has 0 amide bonds. The Morgan fingerprint density at radius 2 is 2.18 bits per heavy atom. The molecular weight excluding hydrogens is 489 g/mol. The van der Waals surface area contributed by atoms with Crippen LogP contribution in [0.25, 0.3) is 0 Å². The van der Waals surface area contributed by atoms with Crippen LogP contribution in [-0.4, -0.2) is 37.3 Å². The van der Waals surface area contributed by atoms with Crippen molar-refractivity contribution >= 4 is 47.2 Å². The van der Waals surface area contributed by atoms with Crippen LogP contribution in [0.3, 0.4) is 0 Å². The first-order chi connectivity index (χ1) is 13.1. The lowest BCUT2D eigenvalue weighted by molar-refractivity contribution is 0.371. The van der Waals surface area contributed by atoms with Crippen LogP contribution in [0.5, 0.6) is 0 Å². The largest absolute Gasteiger partial charge is 0.368 e. The second-order valence-electron chi connectivity index (χ2n) is 7.18. The van der Waals surface area contributed by atoms with E-state index in [1.165, 1.54) is 0 Å². The smallest absolute Gasteiger partial charge is 0.191 e. The van der Waals surface area contributed by atoms with Crippen LogP contribution in [0.15, 0.2) is 39.8 Å². The first-order valence-corrected chi connectivity index (χ1v) is 9.86. The van der Waals surface area contributed by atoms with E-state index >= 15 is 0 Å². The summed E-state index contributed by atoms with van der Waals surface area (Å²) < 4.78 is 5.38. The predicted molar refractivity (Wildman–Crippen MR) is 126 cm³/mol. The number of hydrogen-bond donors (Lipinski definition) is 2. The highest BCUT2D eigenvalue weighted by atomic mass is 127. The van der Waals surface area contributed by atoms with E-state index in [2.05, 4.69) is 45.6 Å². The zero-order valence-corrected chi connectivity index (χ0v) is 19.7. The average Bonchev–Trinajstić information content (AvgIpc) is 3.15. The minimum atomic E-state index is 0. The van der Waals surface area contributed by atoms with Crippen LogP contribution in [0.2, 0.25) is 5.02 Å². The summed E-state index contributed by atoms with van der Waals surface area (Å²) in [5.41, 5.74) is 2.06. The number of anilines is 1. The molecule has 1 aromatic heterocycles. The Morgan fingerprint density at radius 3 is 2.86 bits per heavy atom. The number of hydrogen-bond acceptors (Lipinski definition) is 4. The molecule has 0 aliphatic carbocycles. The Balaban J connectivity index is 0.00000280. The zero-order chi connectivity index (χ0) is 19.2. The van der Waals surface area contributed by atoms with E-state index in [1.54, 1.807) is 7.05 Å². The molecule has 0 spiro atoms. The van der Waals surface area contributed by atoms with E-state index in [-0.39, 0.29) is 24.0 Å². The fraction of sp³-hybridized carbons (Fsp3) is 0.500. The summed E-state index contributed by atoms with van der Waals surface area (Å²) in [4.78, 5) is 6.68. The van der Waals surface area contributed by atoms with Crippen LogP contribution in [0.4, 0.5) is 5.69 Å². The van der Waals surface area contributed by atoms with Crippen molar-refractivity contribution in [3.63, 3.8) is 0 Å². The normalized spacial score (nSPS) is 17.4. The number of nitrogens with one attached hydrogen (secondary N) is 2. The molecule has 1 unspecified atom stereocenters. The van der Waals surface area contributed by atoms with Crippen molar-refractivity contribution in [1.82, 2.24) is 15.8 Å². The van der Waals surface area contributed by atoms with E-state index in [1.807, 2.05) is 24.3 Å². The molecule has 1 atom stereocenters. The van der Waals surface area contributed by atoms with Gasteiger partial charge >= 0.3 is 0 Å². The molecule has 28 heavy (non-hydrogen) atoms. The Hall–Kier alpha value is -1.48. The van der Waals surface area contributed by atoms with Crippen molar-refractivity contribution in [2.45, 2.75) is 45.2 Å². The molecule has 0 saturated carbocycles. The lowest BCUT2D eigenvalue weighted by atomic mass is 10.0. The maximum atomic E-state index is 6.37. The van der Waals surface area contributed by atoms with E-state index < -0.39 is 0 Å². The Morgan fingerprint density at radius 1 is 1.39 bits per heavy atom. The molecule has 1 fully saturated rings. The van der Waals surface area contributed by atoms with Crippen LogP contribution in [0, 0.1) is 0 Å². The number of benzene rings is 1. The first-order valence-electron chi connectivity index (χ1n) is 9.49. The third kappa shape index (κ3) is 6.01. The maximum Gasteiger partial charge on any atom is 0.191 e. The fourth-order valence-corrected chi connectivity index (χ4v) is 3.52. The molecule has 0 radical (unpaired) electrons. The van der Waals surface area contributed by atoms with Gasteiger partial charge in [-0.25, -0.2) is 0 Å². The standard InChI is InChI=1S/C20H28ClN5O.HI/c1-14(2)18-11-16(27-25-18)12-23-20(22-3)24-15-7-6-10-26(13-15)19-9-5-4-8-17(19)21;/h4-5,8-9,11,14-15H,6-7,10,12-13H2,1-3H3,(H2,22,23,24);1H. The van der Waals surface area contributed by atoms with Crippen molar-refractivity contribution in [3.05, 3.63) is 46.8 Å². The van der Waals surface area contributed by atoms with Crippen molar-refractivity contribution in [2.75, 3.05) is 25.0 Å². The fourth-order valence-electron chi connectivity index (χ4n) is 3.27. The van der Waals surface area contributed by atoms with Gasteiger partial charge in [0, 0.05) is 32.2 Å². The summed E-state index contributed by atoms with van der Waals surface area (Å²) in [6, 6.07) is 10.3. The second kappa shape index (κ2) is 10.9. The van der Waals surface area contributed by atoms with Gasteiger partial charge in [-0.1, -0.05) is 42.7 Å². The number of para-hydroxylation sites is 1. The Bertz CT molecular complexity index is 779. The summed E-state index contributed by atoms with van der Waals surface area (Å²) in [5, 5.41) is 11.7. The van der Waals surface area contributed by atoms with E-state index in [0.717, 1.165) is 54.1 Å². The summed E-state index contributed by atoms with van der Waals surface area (Å²) in [6.07, 6.45) is 2.21. The molecule has 2 N–H and O–H groups in total. The maximum absolute atomic E-state index is 6.37. The lowest BCUT2D eigenvalue weighted by Crippen LogP contribution is -2.51. The molecule has 1 aliphatic rings. The highest BCUT2D eigenvalue weighted by Crippen LogP contribution is 2.27. The average molecular weight is 518 g/mol. The highest BCUT2D eigenvalue weighted by Gasteiger charge is 2.22. The van der Waals surface area contributed by atoms with Gasteiger partial charge in [-0.2, -0.15) is 0 Å². The summed E-state index contributed by atoms with van der Waals surface area (Å²) in [6.45, 7) is 6.67. The highest BCUT2D eigenvalue weighted by molar-refractivity contribution is 14.0. The van der Waals surface area contributed by atoms with Gasteiger partial charge in [-0.3, -0.25) is 4.99 Å². The van der Waals surface area contributed by atoms with Crippen LogP contribution in [0.1, 0.15) is 44.1 Å². The first kappa shape index (κ1) is 22.8. The number of nitrogens with zero attached hydrogens (tertiary/aromatic N) is 3. The van der Waals surface area contributed by atoms with E-state index in [0.29, 0.717) is 18.5 Å². The van der Waals surface area contributed by atoms with Gasteiger partial charge in [0.05, 0.1) is 22.9 Å². The minimum absolute atomic E-state index is 0. The molecule has 154 valence electrons. The van der Waals surface area contributed by atoms with E-state index in [4.69, 9.17) is 16.1 Å². The van der Waals surface area contributed by atoms with Gasteiger partial charge in [0.15, 0.2) is 11.7 Å². The van der Waals surface area contributed by atoms with Gasteiger partial charge in [0.1, 0.15) is 0 Å². The SMILES string of the molecule is CN=C(NCc1cc(C(C)C)no1)NC1CCCN(c2ccccc2Cl)C1.I. The molecule has 6 nitrogen and oxygen atoms in total. The number of guanidine groups is 1. The quantitative estimate of drug-likeness (QED) is 0.350. The van der Waals surface area contributed by atoms with Gasteiger partial charge in [-0.15, -0.1) is 24.0 Å². The van der Waals surface area contributed by atoms with E-state index in [9.17, 15) is 0 Å². The number of aliphatic imine (C=N–C) groups is 1. The molecule has 2 aromatic rings. The number of piperidine rings is 1. The Kier molecular flexibility index (Phi) is 8.88. The molecule has 1 saturated heterocycles. The predicted octanol–water partition coefficient (Wildman–Crippen LogP) is 4.40. The van der Waals surface area contributed by atoms with Crippen LogP contribution < -0.4 is 15.5 Å². The molecule has 1 aliphatic heterocycles. The van der Waals surface area contributed by atoms with Gasteiger partial charge in [0.2, 0.25) is 0 Å². The molecule has 3 rings (SSSR count). The lowest BCUT2D eigenvalue weighted by Gasteiger charge is -2.35. The Labute approximate surface area is 189 Å².